The van der Waals surface area contributed by atoms with Crippen molar-refractivity contribution >= 4 is 49.4 Å². The van der Waals surface area contributed by atoms with Gasteiger partial charge in [0.1, 0.15) is 16.0 Å². The molecule has 1 heterocycles. The number of hydrogen-bond donors (Lipinski definition) is 2. The standard InChI is InChI=1S/C17H16Br2N2O3/c18-14-9-11(16(22)15(19)17(14)23)10-20-12-1-3-13(4-2-12)21-5-7-24-8-6-21/h1-4,9-10,22-23H,5-8H2. The maximum Gasteiger partial charge on any atom is 0.147 e. The summed E-state index contributed by atoms with van der Waals surface area (Å²) >= 11 is 6.40. The van der Waals surface area contributed by atoms with Crippen molar-refractivity contribution in [2.75, 3.05) is 31.2 Å². The average Bonchev–Trinajstić information content (AvgIpc) is 2.63. The molecule has 0 bridgehead atoms. The van der Waals surface area contributed by atoms with Gasteiger partial charge < -0.3 is 19.8 Å². The Morgan fingerprint density at radius 2 is 1.71 bits per heavy atom. The van der Waals surface area contributed by atoms with Gasteiger partial charge in [-0.05, 0) is 62.2 Å². The van der Waals surface area contributed by atoms with Crippen LogP contribution in [0.5, 0.6) is 11.5 Å². The summed E-state index contributed by atoms with van der Waals surface area (Å²) in [4.78, 5) is 6.66. The second-order valence-corrected chi connectivity index (χ2v) is 6.98. The van der Waals surface area contributed by atoms with Gasteiger partial charge in [-0.3, -0.25) is 4.99 Å². The molecule has 0 saturated carbocycles. The van der Waals surface area contributed by atoms with E-state index in [2.05, 4.69) is 41.8 Å². The van der Waals surface area contributed by atoms with Gasteiger partial charge in [0.05, 0.1) is 23.4 Å². The number of phenols is 2. The van der Waals surface area contributed by atoms with E-state index in [0.29, 0.717) is 10.0 Å². The summed E-state index contributed by atoms with van der Waals surface area (Å²) in [7, 11) is 0. The summed E-state index contributed by atoms with van der Waals surface area (Å²) in [6.45, 7) is 3.30. The monoisotopic (exact) mass is 454 g/mol. The van der Waals surface area contributed by atoms with Gasteiger partial charge >= 0.3 is 0 Å². The predicted octanol–water partition coefficient (Wildman–Crippen LogP) is 4.21. The van der Waals surface area contributed by atoms with Crippen LogP contribution in [0.1, 0.15) is 5.56 Å². The van der Waals surface area contributed by atoms with Crippen LogP contribution in [0.3, 0.4) is 0 Å². The second kappa shape index (κ2) is 7.55. The Morgan fingerprint density at radius 1 is 1.04 bits per heavy atom. The van der Waals surface area contributed by atoms with Gasteiger partial charge in [-0.2, -0.15) is 0 Å². The summed E-state index contributed by atoms with van der Waals surface area (Å²) in [5, 5.41) is 19.8. The molecule has 0 atom stereocenters. The number of rotatable bonds is 3. The van der Waals surface area contributed by atoms with E-state index in [1.807, 2.05) is 24.3 Å². The minimum atomic E-state index is -0.0515. The summed E-state index contributed by atoms with van der Waals surface area (Å²) in [5.41, 5.74) is 2.44. The van der Waals surface area contributed by atoms with E-state index in [4.69, 9.17) is 4.74 Å². The third-order valence-corrected chi connectivity index (χ3v) is 5.13. The third kappa shape index (κ3) is 3.74. The number of benzene rings is 2. The van der Waals surface area contributed by atoms with Gasteiger partial charge in [0.25, 0.3) is 0 Å². The molecule has 24 heavy (non-hydrogen) atoms. The lowest BCUT2D eigenvalue weighted by Gasteiger charge is -2.28. The molecule has 0 unspecified atom stereocenters. The molecule has 2 aromatic rings. The number of halogens is 2. The largest absolute Gasteiger partial charge is 0.506 e. The number of anilines is 1. The first kappa shape index (κ1) is 17.3. The maximum absolute atomic E-state index is 10.1. The minimum absolute atomic E-state index is 0.0421. The first-order valence-corrected chi connectivity index (χ1v) is 9.01. The van der Waals surface area contributed by atoms with Crippen LogP contribution in [0.25, 0.3) is 0 Å². The molecule has 2 N–H and O–H groups in total. The van der Waals surface area contributed by atoms with Crippen LogP contribution in [0.15, 0.2) is 44.3 Å². The first-order chi connectivity index (χ1) is 11.6. The Labute approximate surface area is 156 Å². The van der Waals surface area contributed by atoms with Crippen molar-refractivity contribution in [2.24, 2.45) is 4.99 Å². The van der Waals surface area contributed by atoms with E-state index >= 15 is 0 Å². The van der Waals surface area contributed by atoms with Crippen LogP contribution >= 0.6 is 31.9 Å². The zero-order valence-electron chi connectivity index (χ0n) is 12.7. The van der Waals surface area contributed by atoms with Gasteiger partial charge in [-0.1, -0.05) is 0 Å². The molecule has 0 aliphatic carbocycles. The molecule has 0 spiro atoms. The lowest BCUT2D eigenvalue weighted by molar-refractivity contribution is 0.122. The Hall–Kier alpha value is -1.57. The maximum atomic E-state index is 10.1. The van der Waals surface area contributed by atoms with Gasteiger partial charge in [0.15, 0.2) is 0 Å². The van der Waals surface area contributed by atoms with Crippen LogP contribution in [0, 0.1) is 0 Å². The highest BCUT2D eigenvalue weighted by Gasteiger charge is 2.13. The fourth-order valence-corrected chi connectivity index (χ4v) is 3.58. The highest BCUT2D eigenvalue weighted by atomic mass is 79.9. The predicted molar refractivity (Wildman–Crippen MR) is 102 cm³/mol. The van der Waals surface area contributed by atoms with E-state index in [1.54, 1.807) is 12.3 Å². The highest BCUT2D eigenvalue weighted by Crippen LogP contribution is 2.40. The van der Waals surface area contributed by atoms with Crippen molar-refractivity contribution in [1.29, 1.82) is 0 Å². The number of nitrogens with zero attached hydrogens (tertiary/aromatic N) is 2. The topological polar surface area (TPSA) is 65.3 Å². The Balaban J connectivity index is 1.77. The fourth-order valence-electron chi connectivity index (χ4n) is 2.43. The molecular formula is C17H16Br2N2O3. The van der Waals surface area contributed by atoms with E-state index in [1.165, 1.54) is 0 Å². The zero-order valence-corrected chi connectivity index (χ0v) is 15.9. The van der Waals surface area contributed by atoms with Crippen LogP contribution in [0.2, 0.25) is 0 Å². The molecule has 1 saturated heterocycles. The molecular weight excluding hydrogens is 440 g/mol. The van der Waals surface area contributed by atoms with E-state index in [0.717, 1.165) is 37.7 Å². The molecule has 5 nitrogen and oxygen atoms in total. The summed E-state index contributed by atoms with van der Waals surface area (Å²) < 4.78 is 6.08. The third-order valence-electron chi connectivity index (χ3n) is 3.78. The number of aliphatic imine (C=N–C) groups is 1. The highest BCUT2D eigenvalue weighted by molar-refractivity contribution is 9.11. The molecule has 3 rings (SSSR count). The summed E-state index contributed by atoms with van der Waals surface area (Å²) in [5.74, 6) is -0.0936. The molecule has 0 radical (unpaired) electrons. The number of ether oxygens (including phenoxy) is 1. The number of phenolic OH excluding ortho intramolecular Hbond substituents is 2. The van der Waals surface area contributed by atoms with Crippen molar-refractivity contribution in [1.82, 2.24) is 0 Å². The summed E-state index contributed by atoms with van der Waals surface area (Å²) in [6.07, 6.45) is 1.56. The lowest BCUT2D eigenvalue weighted by atomic mass is 10.2. The Morgan fingerprint density at radius 3 is 2.38 bits per heavy atom. The van der Waals surface area contributed by atoms with Crippen molar-refractivity contribution < 1.29 is 14.9 Å². The lowest BCUT2D eigenvalue weighted by Crippen LogP contribution is -2.36. The smallest absolute Gasteiger partial charge is 0.147 e. The van der Waals surface area contributed by atoms with E-state index < -0.39 is 0 Å². The number of hydrogen-bond acceptors (Lipinski definition) is 5. The average molecular weight is 456 g/mol. The van der Waals surface area contributed by atoms with Gasteiger partial charge in [0.2, 0.25) is 0 Å². The molecule has 7 heteroatoms. The molecule has 2 aromatic carbocycles. The van der Waals surface area contributed by atoms with Crippen molar-refractivity contribution in [2.45, 2.75) is 0 Å². The molecule has 0 aromatic heterocycles. The normalized spacial score (nSPS) is 15.2. The number of aromatic hydroxyl groups is 2. The summed E-state index contributed by atoms with van der Waals surface area (Å²) in [6, 6.07) is 9.54. The fraction of sp³-hybridized carbons (Fsp3) is 0.235. The van der Waals surface area contributed by atoms with E-state index in [-0.39, 0.29) is 16.0 Å². The van der Waals surface area contributed by atoms with Gasteiger partial charge in [0, 0.05) is 30.6 Å². The first-order valence-electron chi connectivity index (χ1n) is 7.43. The second-order valence-electron chi connectivity index (χ2n) is 5.33. The molecule has 0 amide bonds. The molecule has 1 aliphatic heterocycles. The van der Waals surface area contributed by atoms with Crippen LogP contribution in [0.4, 0.5) is 11.4 Å². The van der Waals surface area contributed by atoms with Crippen LogP contribution in [-0.4, -0.2) is 42.7 Å². The van der Waals surface area contributed by atoms with Gasteiger partial charge in [-0.15, -0.1) is 0 Å². The van der Waals surface area contributed by atoms with Gasteiger partial charge in [-0.25, -0.2) is 0 Å². The number of morpholine rings is 1. The SMILES string of the molecule is Oc1c(Br)cc(C=Nc2ccc(N3CCOCC3)cc2)c(O)c1Br. The van der Waals surface area contributed by atoms with Crippen molar-refractivity contribution in [3.8, 4) is 11.5 Å². The van der Waals surface area contributed by atoms with E-state index in [9.17, 15) is 10.2 Å². The van der Waals surface area contributed by atoms with Crippen LogP contribution in [-0.2, 0) is 4.74 Å². The zero-order chi connectivity index (χ0) is 17.1. The molecule has 126 valence electrons. The molecule has 1 fully saturated rings. The minimum Gasteiger partial charge on any atom is -0.506 e. The van der Waals surface area contributed by atoms with Crippen LogP contribution < -0.4 is 4.90 Å². The Kier molecular flexibility index (Phi) is 5.43. The quantitative estimate of drug-likeness (QED) is 0.680. The van der Waals surface area contributed by atoms with Crippen molar-refractivity contribution in [3.63, 3.8) is 0 Å². The Bertz CT molecular complexity index is 757. The van der Waals surface area contributed by atoms with Crippen molar-refractivity contribution in [3.05, 3.63) is 44.8 Å². The molecule has 1 aliphatic rings.